The van der Waals surface area contributed by atoms with Crippen molar-refractivity contribution in [2.45, 2.75) is 90.4 Å². The van der Waals surface area contributed by atoms with Crippen LogP contribution in [0.4, 0.5) is 45.5 Å². The number of allylic oxidation sites excluding steroid dienone is 2. The van der Waals surface area contributed by atoms with Crippen molar-refractivity contribution in [3.63, 3.8) is 0 Å². The minimum atomic E-state index is -0.765. The summed E-state index contributed by atoms with van der Waals surface area (Å²) >= 11 is 0. The van der Waals surface area contributed by atoms with Crippen LogP contribution in [0.15, 0.2) is 285 Å². The minimum absolute atomic E-state index is 0.00527. The zero-order chi connectivity index (χ0) is 63.3. The van der Waals surface area contributed by atoms with Gasteiger partial charge >= 0.3 is 0 Å². The summed E-state index contributed by atoms with van der Waals surface area (Å²) in [6.45, 7) is 20.8. The van der Waals surface area contributed by atoms with Crippen molar-refractivity contribution in [2.24, 2.45) is 5.92 Å². The Hall–Kier alpha value is -10.2. The number of benzene rings is 12. The van der Waals surface area contributed by atoms with Gasteiger partial charge in [-0.25, -0.2) is 0 Å². The Bertz CT molecular complexity index is 4880. The molecule has 0 N–H and O–H groups in total. The molecule has 5 aliphatic heterocycles. The third-order valence-electron chi connectivity index (χ3n) is 21.5. The highest BCUT2D eigenvalue weighted by atomic mass is 15.2. The van der Waals surface area contributed by atoms with Gasteiger partial charge in [-0.3, -0.25) is 0 Å². The van der Waals surface area contributed by atoms with Gasteiger partial charge < -0.3 is 14.7 Å². The molecule has 0 saturated heterocycles. The molecule has 4 heteroatoms. The maximum absolute atomic E-state index is 2.73. The largest absolute Gasteiger partial charge is 0.314 e. The molecule has 93 heavy (non-hydrogen) atoms. The molecule has 0 amide bonds. The smallest absolute Gasteiger partial charge is 0.247 e. The predicted octanol–water partition coefficient (Wildman–Crippen LogP) is 21.4. The van der Waals surface area contributed by atoms with Crippen molar-refractivity contribution < 1.29 is 0 Å². The summed E-state index contributed by atoms with van der Waals surface area (Å²) in [6, 6.07) is 106. The van der Waals surface area contributed by atoms with Crippen molar-refractivity contribution in [3.05, 3.63) is 329 Å². The first kappa shape index (κ1) is 56.8. The Kier molecular flexibility index (Phi) is 12.8. The molecule has 7 aliphatic rings. The monoisotopic (exact) mass is 1200 g/mol. The van der Waals surface area contributed by atoms with Crippen LogP contribution in [-0.2, 0) is 21.7 Å². The highest BCUT2D eigenvalue weighted by molar-refractivity contribution is 6.99. The Balaban J connectivity index is 1.03. The van der Waals surface area contributed by atoms with Gasteiger partial charge in [0.05, 0.1) is 11.1 Å². The summed E-state index contributed by atoms with van der Waals surface area (Å²) in [4.78, 5) is 7.80. The van der Waals surface area contributed by atoms with Crippen LogP contribution in [0.3, 0.4) is 0 Å². The van der Waals surface area contributed by atoms with Gasteiger partial charge in [0, 0.05) is 62.1 Å². The molecular formula is C89H76BN3. The quantitative estimate of drug-likeness (QED) is 0.154. The average molecular weight is 1200 g/mol. The molecule has 12 aromatic carbocycles. The third-order valence-corrected chi connectivity index (χ3v) is 21.5. The standard InChI is InChI=1S/C89H76BN3/c1-57-31-52-81(57)92-68-46-40-65(41-47-68)88(8,9)64-34-32-60(33-35-64)72-28-20-27-71(59-23-14-11-15-24-59)85(72)93-82-56-70(92)49-51-80(82)90-79-50-48-69(91(66-42-36-62(37-43-66)86(2,3)4)67-44-38-63(39-45-67)87(5,6)7)55-77(79)89(75-29-18-16-25-73(75)74-26-17-19-30-76(74)89)78-53-61(54-83(93)84(78)90)58-21-12-10-13-22-58/h10-30,32-57H,31H2,1-9H3/t57-/m0/s1. The van der Waals surface area contributed by atoms with E-state index in [1.54, 1.807) is 0 Å². The van der Waals surface area contributed by atoms with Crippen molar-refractivity contribution in [1.29, 1.82) is 0 Å². The first-order valence-corrected chi connectivity index (χ1v) is 33.5. The van der Waals surface area contributed by atoms with E-state index in [1.807, 2.05) is 0 Å². The van der Waals surface area contributed by atoms with Gasteiger partial charge in [-0.05, 0) is 185 Å². The molecule has 2 aliphatic carbocycles. The number of hydrogen-bond donors (Lipinski definition) is 0. The zero-order valence-electron chi connectivity index (χ0n) is 54.8. The Morgan fingerprint density at radius 3 is 1.46 bits per heavy atom. The van der Waals surface area contributed by atoms with E-state index in [2.05, 4.69) is 356 Å². The van der Waals surface area contributed by atoms with E-state index in [0.717, 1.165) is 34.9 Å². The van der Waals surface area contributed by atoms with Crippen molar-refractivity contribution in [1.82, 2.24) is 0 Å². The number of para-hydroxylation sites is 1. The first-order valence-electron chi connectivity index (χ1n) is 33.5. The molecule has 12 aromatic rings. The van der Waals surface area contributed by atoms with Crippen LogP contribution in [0.5, 0.6) is 0 Å². The minimum Gasteiger partial charge on any atom is -0.314 e. The lowest BCUT2D eigenvalue weighted by Gasteiger charge is -2.48. The van der Waals surface area contributed by atoms with E-state index >= 15 is 0 Å². The fraction of sp³-hybridized carbons (Fsp3) is 0.169. The van der Waals surface area contributed by atoms with Crippen LogP contribution in [0, 0.1) is 5.92 Å². The Morgan fingerprint density at radius 2 is 0.903 bits per heavy atom. The number of anilines is 8. The highest BCUT2D eigenvalue weighted by Gasteiger charge is 2.56. The maximum Gasteiger partial charge on any atom is 0.247 e. The summed E-state index contributed by atoms with van der Waals surface area (Å²) in [6.07, 6.45) is 3.50. The van der Waals surface area contributed by atoms with Crippen LogP contribution >= 0.6 is 0 Å². The molecule has 0 aromatic heterocycles. The maximum atomic E-state index is 2.73. The average Bonchev–Trinajstić information content (AvgIpc) is 1.64. The molecule has 19 rings (SSSR count). The second kappa shape index (κ2) is 20.9. The van der Waals surface area contributed by atoms with E-state index in [9.17, 15) is 0 Å². The van der Waals surface area contributed by atoms with Crippen LogP contribution in [0.25, 0.3) is 44.5 Å². The van der Waals surface area contributed by atoms with Crippen molar-refractivity contribution in [3.8, 4) is 44.5 Å². The summed E-state index contributed by atoms with van der Waals surface area (Å²) < 4.78 is 0. The van der Waals surface area contributed by atoms with Gasteiger partial charge in [-0.2, -0.15) is 0 Å². The van der Waals surface area contributed by atoms with E-state index in [-0.39, 0.29) is 23.0 Å². The molecule has 1 atom stereocenters. The van der Waals surface area contributed by atoms with Gasteiger partial charge in [-0.15, -0.1) is 0 Å². The Labute approximate surface area is 550 Å². The Morgan fingerprint density at radius 1 is 0.398 bits per heavy atom. The summed E-state index contributed by atoms with van der Waals surface area (Å²) in [5, 5.41) is 0. The summed E-state index contributed by atoms with van der Waals surface area (Å²) in [5.74, 6) is 0.388. The van der Waals surface area contributed by atoms with Crippen molar-refractivity contribution in [2.75, 3.05) is 14.7 Å². The van der Waals surface area contributed by atoms with Crippen LogP contribution in [-0.4, -0.2) is 6.71 Å². The van der Waals surface area contributed by atoms with Crippen LogP contribution < -0.4 is 31.1 Å². The lowest BCUT2D eigenvalue weighted by molar-refractivity contribution is 0.590. The molecule has 0 unspecified atom stereocenters. The van der Waals surface area contributed by atoms with Crippen LogP contribution in [0.1, 0.15) is 113 Å². The predicted molar refractivity (Wildman–Crippen MR) is 394 cm³/mol. The van der Waals surface area contributed by atoms with E-state index in [0.29, 0.717) is 5.92 Å². The first-order chi connectivity index (χ1) is 45.1. The van der Waals surface area contributed by atoms with E-state index in [1.165, 1.54) is 128 Å². The SMILES string of the molecule is C[C@H]1CC=C1N1c2ccc(cc2)C(C)(C)c2ccc(cc2)-c2cccc(-c3ccccc3)c2N2c3cc1ccc3B1c3ccc(N(c4ccc(C(C)(C)C)cc4)c4ccc(C(C)(C)C)cc4)cc3C3(c4ccccc4-c4ccccc43)c3cc(-c4ccccc4)cc2c31. The molecule has 0 saturated carbocycles. The van der Waals surface area contributed by atoms with Gasteiger partial charge in [0.15, 0.2) is 0 Å². The lowest BCUT2D eigenvalue weighted by atomic mass is 9.29. The molecule has 0 radical (unpaired) electrons. The molecule has 0 fully saturated rings. The van der Waals surface area contributed by atoms with E-state index in [4.69, 9.17) is 0 Å². The second-order valence-electron chi connectivity index (χ2n) is 29.3. The molecule has 1 spiro atoms. The zero-order valence-corrected chi connectivity index (χ0v) is 54.8. The number of fused-ring (bicyclic) bond motifs is 12. The molecule has 3 nitrogen and oxygen atoms in total. The fourth-order valence-corrected chi connectivity index (χ4v) is 16.4. The second-order valence-corrected chi connectivity index (χ2v) is 29.3. The number of hydrogen-bond acceptors (Lipinski definition) is 3. The highest BCUT2D eigenvalue weighted by Crippen LogP contribution is 2.60. The fourth-order valence-electron chi connectivity index (χ4n) is 16.4. The number of rotatable bonds is 6. The van der Waals surface area contributed by atoms with Gasteiger partial charge in [0.2, 0.25) is 6.71 Å². The summed E-state index contributed by atoms with van der Waals surface area (Å²) in [5.41, 5.74) is 33.4. The molecular weight excluding hydrogens is 1120 g/mol. The lowest BCUT2D eigenvalue weighted by Crippen LogP contribution is -2.65. The van der Waals surface area contributed by atoms with Gasteiger partial charge in [0.1, 0.15) is 0 Å². The molecule has 6 bridgehead atoms. The van der Waals surface area contributed by atoms with E-state index < -0.39 is 5.41 Å². The summed E-state index contributed by atoms with van der Waals surface area (Å²) in [7, 11) is 0. The molecule has 450 valence electrons. The number of nitrogens with zero attached hydrogens (tertiary/aromatic N) is 3. The molecule has 5 heterocycles. The van der Waals surface area contributed by atoms with Gasteiger partial charge in [0.25, 0.3) is 0 Å². The van der Waals surface area contributed by atoms with Crippen LogP contribution in [0.2, 0.25) is 0 Å². The normalized spacial score (nSPS) is 15.8. The van der Waals surface area contributed by atoms with Gasteiger partial charge in [-0.1, -0.05) is 274 Å². The van der Waals surface area contributed by atoms with Crippen molar-refractivity contribution >= 4 is 68.6 Å². The third kappa shape index (κ3) is 8.70. The topological polar surface area (TPSA) is 9.72 Å².